The number of nitrogens with one attached hydrogen (secondary N) is 3. The fourth-order valence-corrected chi connectivity index (χ4v) is 10.4. The topological polar surface area (TPSA) is 201 Å². The van der Waals surface area contributed by atoms with E-state index in [-0.39, 0.29) is 55.3 Å². The second-order valence-corrected chi connectivity index (χ2v) is 20.2. The number of pyridine rings is 1. The van der Waals surface area contributed by atoms with E-state index in [0.29, 0.717) is 70.5 Å². The zero-order valence-corrected chi connectivity index (χ0v) is 41.3. The standard InChI is InChI=1S/C52H69N9O8/c1-9-60-43-16-15-34-27-38(43)39(46(60)37-13-10-17-53-44(37)32(4)68-8)28-52(5,6)30-69-50(66)40-14-11-20-61(56-40)49(65)41(25-33-23-35(34)26-36(62)24-33)55-47(63)45(31(2)3)57(7)51(67)59-19-12-18-58(21-22-59)48(64)42-29-54-42/h10,13,15-17,23-24,26-27,31-32,40-42,45,54,56,62H,9,11-12,14,18-22,25,28-30H2,1-8H3,(H,55,63)/t32-,40-,41-,42-,45?/m0/s1. The lowest BCUT2D eigenvalue weighted by atomic mass is 9.84. The van der Waals surface area contributed by atoms with Crippen LogP contribution in [0.15, 0.2) is 54.7 Å². The van der Waals surface area contributed by atoms with Crippen LogP contribution in [-0.2, 0) is 48.0 Å². The monoisotopic (exact) mass is 948 g/mol. The first kappa shape index (κ1) is 49.4. The van der Waals surface area contributed by atoms with Gasteiger partial charge in [0, 0.05) is 94.5 Å². The van der Waals surface area contributed by atoms with E-state index in [2.05, 4.69) is 59.6 Å². The number of aryl methyl sites for hydroxylation is 1. The number of carbonyl (C=O) groups excluding carboxylic acids is 5. The third kappa shape index (κ3) is 10.6. The fourth-order valence-electron chi connectivity index (χ4n) is 10.4. The van der Waals surface area contributed by atoms with Crippen LogP contribution >= 0.6 is 0 Å². The number of esters is 1. The van der Waals surface area contributed by atoms with E-state index >= 15 is 0 Å². The number of nitrogens with zero attached hydrogens (tertiary/aromatic N) is 6. The van der Waals surface area contributed by atoms with Crippen molar-refractivity contribution in [3.63, 3.8) is 0 Å². The van der Waals surface area contributed by atoms with E-state index in [9.17, 15) is 29.1 Å². The summed E-state index contributed by atoms with van der Waals surface area (Å²) in [5, 5.41) is 19.9. The van der Waals surface area contributed by atoms with Crippen molar-refractivity contribution in [2.45, 2.75) is 110 Å². The Labute approximate surface area is 404 Å². The third-order valence-corrected chi connectivity index (χ3v) is 14.1. The van der Waals surface area contributed by atoms with Crippen LogP contribution in [0.1, 0.15) is 83.7 Å². The molecule has 69 heavy (non-hydrogen) atoms. The Kier molecular flexibility index (Phi) is 14.7. The summed E-state index contributed by atoms with van der Waals surface area (Å²) in [6.07, 6.45) is 3.59. The van der Waals surface area contributed by atoms with Gasteiger partial charge in [-0.05, 0) is 104 Å². The second kappa shape index (κ2) is 20.5. The van der Waals surface area contributed by atoms with Gasteiger partial charge in [0.05, 0.1) is 30.1 Å². The van der Waals surface area contributed by atoms with E-state index in [1.807, 2.05) is 39.0 Å². The number of methoxy groups -OCH3 is 1. The van der Waals surface area contributed by atoms with Crippen molar-refractivity contribution >= 4 is 40.6 Å². The summed E-state index contributed by atoms with van der Waals surface area (Å²) in [4.78, 5) is 80.1. The summed E-state index contributed by atoms with van der Waals surface area (Å²) in [6.45, 7) is 15.4. The Morgan fingerprint density at radius 1 is 1.00 bits per heavy atom. The molecule has 3 saturated heterocycles. The number of hydrogen-bond acceptors (Lipinski definition) is 11. The van der Waals surface area contributed by atoms with Gasteiger partial charge in [-0.25, -0.2) is 10.2 Å². The highest BCUT2D eigenvalue weighted by Gasteiger charge is 2.40. The number of aromatic hydroxyl groups is 1. The van der Waals surface area contributed by atoms with Gasteiger partial charge in [0.2, 0.25) is 11.8 Å². The molecule has 8 rings (SSSR count). The summed E-state index contributed by atoms with van der Waals surface area (Å²) >= 11 is 0. The lowest BCUT2D eigenvalue weighted by Gasteiger charge is -2.37. The summed E-state index contributed by atoms with van der Waals surface area (Å²) in [5.41, 5.74) is 9.57. The molecule has 3 fully saturated rings. The van der Waals surface area contributed by atoms with Crippen molar-refractivity contribution in [1.29, 1.82) is 0 Å². The van der Waals surface area contributed by atoms with Gasteiger partial charge in [0.25, 0.3) is 5.91 Å². The molecule has 6 heterocycles. The predicted molar refractivity (Wildman–Crippen MR) is 262 cm³/mol. The van der Waals surface area contributed by atoms with Crippen LogP contribution in [0.2, 0.25) is 0 Å². The first-order valence-electron chi connectivity index (χ1n) is 24.5. The molecule has 4 aromatic rings. The van der Waals surface area contributed by atoms with Crippen molar-refractivity contribution in [2.24, 2.45) is 11.3 Å². The fraction of sp³-hybridized carbons (Fsp3) is 0.538. The molecule has 370 valence electrons. The number of cyclic esters (lactones) is 1. The van der Waals surface area contributed by atoms with Crippen LogP contribution in [0.4, 0.5) is 4.79 Å². The molecule has 0 aliphatic carbocycles. The number of aromatic nitrogens is 2. The molecule has 17 nitrogen and oxygen atoms in total. The predicted octanol–water partition coefficient (Wildman–Crippen LogP) is 5.03. The Bertz CT molecular complexity index is 2590. The van der Waals surface area contributed by atoms with Gasteiger partial charge in [-0.3, -0.25) is 29.2 Å². The SMILES string of the molecule is CCn1c(-c2cccnc2[C@H](C)OC)c2c3cc(ccc31)-c1cc(O)cc(c1)C[C@H](NC(=O)C(C(C)C)N(C)C(=O)N1CCCN(C(=O)[C@@H]3CN3)CC1)C(=O)N1CCC[C@H](N1)C(=O)OCC(C)(C)C2. The smallest absolute Gasteiger partial charge is 0.324 e. The van der Waals surface area contributed by atoms with Crippen LogP contribution in [-0.4, -0.2) is 148 Å². The number of phenolic OH excluding ortho intramolecular Hbond substituents is 1. The van der Waals surface area contributed by atoms with E-state index in [1.165, 1.54) is 9.91 Å². The number of ether oxygens (including phenoxy) is 2. The molecule has 2 aromatic heterocycles. The Morgan fingerprint density at radius 2 is 1.75 bits per heavy atom. The second-order valence-electron chi connectivity index (χ2n) is 20.2. The highest BCUT2D eigenvalue weighted by Crippen LogP contribution is 2.42. The van der Waals surface area contributed by atoms with Gasteiger partial charge in [-0.2, -0.15) is 0 Å². The zero-order valence-electron chi connectivity index (χ0n) is 41.3. The van der Waals surface area contributed by atoms with Crippen LogP contribution in [0.5, 0.6) is 5.75 Å². The number of urea groups is 1. The number of likely N-dealkylation sites (N-methyl/N-ethyl adjacent to an activating group) is 1. The minimum Gasteiger partial charge on any atom is -0.508 e. The van der Waals surface area contributed by atoms with E-state index in [0.717, 1.165) is 44.5 Å². The molecule has 0 saturated carbocycles. The molecule has 5 atom stereocenters. The number of fused-ring (bicyclic) bond motifs is 6. The number of amides is 5. The van der Waals surface area contributed by atoms with Crippen LogP contribution < -0.4 is 16.1 Å². The normalized spacial score (nSPS) is 21.8. The minimum absolute atomic E-state index is 0.00685. The lowest BCUT2D eigenvalue weighted by molar-refractivity contribution is -0.155. The maximum Gasteiger partial charge on any atom is 0.324 e. The van der Waals surface area contributed by atoms with Crippen molar-refractivity contribution in [3.05, 3.63) is 71.5 Å². The van der Waals surface area contributed by atoms with Gasteiger partial charge < -0.3 is 44.5 Å². The van der Waals surface area contributed by atoms with Crippen LogP contribution in [0.25, 0.3) is 33.3 Å². The molecular formula is C52H69N9O8. The van der Waals surface area contributed by atoms with Crippen molar-refractivity contribution in [1.82, 2.24) is 45.3 Å². The molecule has 0 radical (unpaired) electrons. The van der Waals surface area contributed by atoms with Crippen LogP contribution in [0.3, 0.4) is 0 Å². The highest BCUT2D eigenvalue weighted by atomic mass is 16.5. The molecule has 4 aliphatic heterocycles. The number of benzene rings is 2. The molecule has 0 spiro atoms. The van der Waals surface area contributed by atoms with Gasteiger partial charge in [0.1, 0.15) is 23.9 Å². The maximum absolute atomic E-state index is 14.8. The van der Waals surface area contributed by atoms with E-state index in [4.69, 9.17) is 14.5 Å². The van der Waals surface area contributed by atoms with E-state index < -0.39 is 41.3 Å². The quantitative estimate of drug-likeness (QED) is 0.130. The first-order valence-corrected chi connectivity index (χ1v) is 24.5. The summed E-state index contributed by atoms with van der Waals surface area (Å²) in [7, 11) is 3.27. The number of hydrazine groups is 1. The van der Waals surface area contributed by atoms with Crippen molar-refractivity contribution in [3.8, 4) is 28.1 Å². The molecule has 1 unspecified atom stereocenters. The minimum atomic E-state index is -1.16. The largest absolute Gasteiger partial charge is 0.508 e. The Balaban J connectivity index is 1.16. The summed E-state index contributed by atoms with van der Waals surface area (Å²) in [6, 6.07) is 12.1. The molecule has 2 aromatic carbocycles. The average Bonchev–Trinajstić information content (AvgIpc) is 4.18. The molecule has 17 heteroatoms. The molecule has 4 N–H and O–H groups in total. The van der Waals surface area contributed by atoms with Crippen molar-refractivity contribution < 1.29 is 38.6 Å². The zero-order chi connectivity index (χ0) is 49.3. The highest BCUT2D eigenvalue weighted by molar-refractivity contribution is 5.96. The molecule has 5 amide bonds. The number of carbonyl (C=O) groups is 5. The maximum atomic E-state index is 14.8. The number of rotatable bonds is 9. The Hall–Kier alpha value is -6.04. The van der Waals surface area contributed by atoms with Gasteiger partial charge in [-0.15, -0.1) is 0 Å². The van der Waals surface area contributed by atoms with Gasteiger partial charge in [-0.1, -0.05) is 39.8 Å². The van der Waals surface area contributed by atoms with Gasteiger partial charge >= 0.3 is 12.0 Å². The molecule has 6 bridgehead atoms. The summed E-state index contributed by atoms with van der Waals surface area (Å²) < 4.78 is 14.2. The molecule has 4 aliphatic rings. The number of phenols is 1. The molecular weight excluding hydrogens is 879 g/mol. The van der Waals surface area contributed by atoms with Crippen molar-refractivity contribution in [2.75, 3.05) is 60.0 Å². The number of hydrogen-bond donors (Lipinski definition) is 4. The van der Waals surface area contributed by atoms with Gasteiger partial charge in [0.15, 0.2) is 0 Å². The summed E-state index contributed by atoms with van der Waals surface area (Å²) in [5.74, 6) is -1.78. The lowest BCUT2D eigenvalue weighted by Crippen LogP contribution is -2.62. The van der Waals surface area contributed by atoms with Crippen LogP contribution in [0, 0.1) is 11.3 Å². The van der Waals surface area contributed by atoms with E-state index in [1.54, 1.807) is 42.3 Å². The first-order chi connectivity index (χ1) is 33.0. The average molecular weight is 948 g/mol. The third-order valence-electron chi connectivity index (χ3n) is 14.1. The Morgan fingerprint density at radius 3 is 2.48 bits per heavy atom.